The lowest BCUT2D eigenvalue weighted by atomic mass is 9.97. The molecule has 0 unspecified atom stereocenters. The third-order valence-electron chi connectivity index (χ3n) is 5.07. The summed E-state index contributed by atoms with van der Waals surface area (Å²) in [5.74, 6) is 0.535. The molecule has 1 aliphatic rings. The first kappa shape index (κ1) is 19.2. The van der Waals surface area contributed by atoms with Gasteiger partial charge in [0.05, 0.1) is 11.9 Å². The van der Waals surface area contributed by atoms with Crippen LogP contribution in [0.15, 0.2) is 40.3 Å². The van der Waals surface area contributed by atoms with Crippen LogP contribution in [0.1, 0.15) is 34.5 Å². The first-order chi connectivity index (χ1) is 14.2. The SMILES string of the molecule is O=c1c2c3c(sc2nc(SCc2nnsc2Cl)n1Cc1ccccc1)CCCC3. The maximum atomic E-state index is 13.6. The Morgan fingerprint density at radius 2 is 2.00 bits per heavy atom. The van der Waals surface area contributed by atoms with E-state index in [2.05, 4.69) is 9.59 Å². The normalized spacial score (nSPS) is 13.7. The average molecular weight is 461 g/mol. The molecule has 1 aliphatic carbocycles. The molecule has 0 fully saturated rings. The number of hydrogen-bond donors (Lipinski definition) is 0. The first-order valence-corrected chi connectivity index (χ1v) is 12.3. The number of benzene rings is 1. The molecule has 3 aromatic heterocycles. The summed E-state index contributed by atoms with van der Waals surface area (Å²) in [6, 6.07) is 10.0. The molecule has 0 spiro atoms. The highest BCUT2D eigenvalue weighted by Gasteiger charge is 2.22. The molecule has 0 aliphatic heterocycles. The highest BCUT2D eigenvalue weighted by atomic mass is 35.5. The van der Waals surface area contributed by atoms with Crippen molar-refractivity contribution in [3.05, 3.63) is 66.7 Å². The van der Waals surface area contributed by atoms with E-state index in [9.17, 15) is 4.79 Å². The Bertz CT molecular complexity index is 1230. The third-order valence-corrected chi connectivity index (χ3v) is 8.23. The van der Waals surface area contributed by atoms with Crippen LogP contribution in [-0.2, 0) is 25.1 Å². The zero-order valence-corrected chi connectivity index (χ0v) is 18.6. The van der Waals surface area contributed by atoms with Crippen molar-refractivity contribution in [1.29, 1.82) is 0 Å². The Kier molecular flexibility index (Phi) is 5.43. The molecule has 148 valence electrons. The largest absolute Gasteiger partial charge is 0.283 e. The van der Waals surface area contributed by atoms with Gasteiger partial charge in [0.1, 0.15) is 14.9 Å². The van der Waals surface area contributed by atoms with Gasteiger partial charge < -0.3 is 0 Å². The quantitative estimate of drug-likeness (QED) is 0.303. The lowest BCUT2D eigenvalue weighted by molar-refractivity contribution is 0.656. The summed E-state index contributed by atoms with van der Waals surface area (Å²) in [6.07, 6.45) is 4.36. The number of hydrogen-bond acceptors (Lipinski definition) is 7. The standard InChI is InChI=1S/C20H17ClN4OS3/c21-17-14(23-24-29-17)11-27-20-22-18-16(13-8-4-5-9-15(13)28-18)19(26)25(20)10-12-6-2-1-3-7-12/h1-3,6-7H,4-5,8-11H2. The van der Waals surface area contributed by atoms with Crippen molar-refractivity contribution in [1.82, 2.24) is 19.1 Å². The Morgan fingerprint density at radius 1 is 1.17 bits per heavy atom. The predicted octanol–water partition coefficient (Wildman–Crippen LogP) is 5.18. The molecule has 0 atom stereocenters. The average Bonchev–Trinajstić information content (AvgIpc) is 3.32. The van der Waals surface area contributed by atoms with E-state index in [0.29, 0.717) is 21.8 Å². The van der Waals surface area contributed by atoms with Crippen molar-refractivity contribution in [3.63, 3.8) is 0 Å². The maximum absolute atomic E-state index is 13.6. The predicted molar refractivity (Wildman–Crippen MR) is 121 cm³/mol. The molecule has 0 radical (unpaired) electrons. The van der Waals surface area contributed by atoms with Gasteiger partial charge in [-0.1, -0.05) is 58.2 Å². The van der Waals surface area contributed by atoms with E-state index in [4.69, 9.17) is 16.6 Å². The van der Waals surface area contributed by atoms with Gasteiger partial charge in [0, 0.05) is 22.2 Å². The minimum Gasteiger partial charge on any atom is -0.283 e. The van der Waals surface area contributed by atoms with Gasteiger partial charge in [0.2, 0.25) is 0 Å². The third kappa shape index (κ3) is 3.74. The van der Waals surface area contributed by atoms with E-state index in [1.807, 2.05) is 30.3 Å². The van der Waals surface area contributed by atoms with Gasteiger partial charge in [-0.2, -0.15) is 0 Å². The van der Waals surface area contributed by atoms with Crippen LogP contribution in [0.2, 0.25) is 4.34 Å². The molecular weight excluding hydrogens is 444 g/mol. The van der Waals surface area contributed by atoms with Crippen LogP contribution in [0.25, 0.3) is 10.2 Å². The van der Waals surface area contributed by atoms with Gasteiger partial charge in [0.15, 0.2) is 5.16 Å². The molecule has 3 heterocycles. The molecule has 29 heavy (non-hydrogen) atoms. The summed E-state index contributed by atoms with van der Waals surface area (Å²) >= 11 is 10.5. The lowest BCUT2D eigenvalue weighted by Gasteiger charge is -2.13. The molecular formula is C20H17ClN4OS3. The van der Waals surface area contributed by atoms with E-state index in [-0.39, 0.29) is 5.56 Å². The highest BCUT2D eigenvalue weighted by Crippen LogP contribution is 2.35. The van der Waals surface area contributed by atoms with E-state index in [1.165, 1.54) is 40.2 Å². The molecule has 0 saturated heterocycles. The van der Waals surface area contributed by atoms with Crippen LogP contribution in [0.3, 0.4) is 0 Å². The van der Waals surface area contributed by atoms with Crippen LogP contribution in [0, 0.1) is 0 Å². The molecule has 0 saturated carbocycles. The van der Waals surface area contributed by atoms with Crippen molar-refractivity contribution in [3.8, 4) is 0 Å². The van der Waals surface area contributed by atoms with E-state index < -0.39 is 0 Å². The van der Waals surface area contributed by atoms with Gasteiger partial charge in [-0.3, -0.25) is 9.36 Å². The first-order valence-electron chi connectivity index (χ1n) is 9.39. The Labute approximate surface area is 184 Å². The van der Waals surface area contributed by atoms with Gasteiger partial charge in [-0.25, -0.2) is 4.98 Å². The number of nitrogens with zero attached hydrogens (tertiary/aromatic N) is 4. The molecule has 5 rings (SSSR count). The number of thiophene rings is 1. The summed E-state index contributed by atoms with van der Waals surface area (Å²) < 4.78 is 6.28. The van der Waals surface area contributed by atoms with Crippen LogP contribution < -0.4 is 5.56 Å². The zero-order chi connectivity index (χ0) is 19.8. The van der Waals surface area contributed by atoms with Gasteiger partial charge in [-0.15, -0.1) is 16.4 Å². The fourth-order valence-corrected chi connectivity index (χ4v) is 6.69. The fourth-order valence-electron chi connectivity index (χ4n) is 3.65. The molecule has 1 aromatic carbocycles. The van der Waals surface area contributed by atoms with Gasteiger partial charge in [-0.05, 0) is 36.8 Å². The van der Waals surface area contributed by atoms with Crippen LogP contribution in [0.5, 0.6) is 0 Å². The smallest absolute Gasteiger partial charge is 0.263 e. The maximum Gasteiger partial charge on any atom is 0.263 e. The van der Waals surface area contributed by atoms with Crippen LogP contribution in [-0.4, -0.2) is 19.1 Å². The van der Waals surface area contributed by atoms with Crippen molar-refractivity contribution in [2.45, 2.75) is 43.1 Å². The highest BCUT2D eigenvalue weighted by molar-refractivity contribution is 7.98. The molecule has 5 nitrogen and oxygen atoms in total. The zero-order valence-electron chi connectivity index (χ0n) is 15.4. The van der Waals surface area contributed by atoms with Crippen LogP contribution >= 0.6 is 46.2 Å². The minimum absolute atomic E-state index is 0.0586. The summed E-state index contributed by atoms with van der Waals surface area (Å²) in [4.78, 5) is 20.7. The number of aromatic nitrogens is 4. The summed E-state index contributed by atoms with van der Waals surface area (Å²) in [6.45, 7) is 0.499. The Morgan fingerprint density at radius 3 is 2.79 bits per heavy atom. The van der Waals surface area contributed by atoms with Gasteiger partial charge in [0.25, 0.3) is 5.56 Å². The van der Waals surface area contributed by atoms with E-state index in [1.54, 1.807) is 15.9 Å². The Hall–Kier alpha value is -1.74. The number of fused-ring (bicyclic) bond motifs is 3. The van der Waals surface area contributed by atoms with Crippen molar-refractivity contribution in [2.75, 3.05) is 0 Å². The molecule has 9 heteroatoms. The number of thioether (sulfide) groups is 1. The van der Waals surface area contributed by atoms with Crippen molar-refractivity contribution < 1.29 is 0 Å². The Balaban J connectivity index is 1.61. The second-order valence-corrected chi connectivity index (χ2v) is 10.3. The van der Waals surface area contributed by atoms with Gasteiger partial charge >= 0.3 is 0 Å². The minimum atomic E-state index is 0.0586. The topological polar surface area (TPSA) is 60.7 Å². The second kappa shape index (κ2) is 8.18. The summed E-state index contributed by atoms with van der Waals surface area (Å²) in [5.41, 5.74) is 3.09. The van der Waals surface area contributed by atoms with E-state index in [0.717, 1.165) is 40.7 Å². The van der Waals surface area contributed by atoms with Crippen LogP contribution in [0.4, 0.5) is 0 Å². The second-order valence-electron chi connectivity index (χ2n) is 6.94. The van der Waals surface area contributed by atoms with Crippen molar-refractivity contribution >= 4 is 56.4 Å². The number of rotatable bonds is 5. The lowest BCUT2D eigenvalue weighted by Crippen LogP contribution is -2.24. The van der Waals surface area contributed by atoms with Crippen molar-refractivity contribution in [2.24, 2.45) is 0 Å². The fraction of sp³-hybridized carbons (Fsp3) is 0.300. The monoisotopic (exact) mass is 460 g/mol. The summed E-state index contributed by atoms with van der Waals surface area (Å²) in [7, 11) is 0. The number of aryl methyl sites for hydroxylation is 2. The molecule has 0 N–H and O–H groups in total. The molecule has 0 bridgehead atoms. The molecule has 4 aromatic rings. The number of halogens is 1. The molecule has 0 amide bonds. The summed E-state index contributed by atoms with van der Waals surface area (Å²) in [5, 5.41) is 5.61. The van der Waals surface area contributed by atoms with E-state index >= 15 is 0 Å².